The minimum absolute atomic E-state index is 0.0192. The molecule has 0 saturated carbocycles. The molecule has 384 valence electrons. The fourth-order valence-electron chi connectivity index (χ4n) is 9.15. The third-order valence-electron chi connectivity index (χ3n) is 13.9. The standard InChI is InChI=1S/C50H64FN7O13/c1-24-13-11-14-25(2)47(65)53-39-33(21-52-17-12-18-58-22-32(55-56-58)15-19-57-23-34(51)48(66)54-49(57)67)42(62)36-37(43(39)63)41(61)30(7)45-38(36)46(64)50(9,71-45)69-20-16-35(68-10)28(5)44(70-31(8)59)29(6)40(60)27(4)26(24)3/h11,13-14,16,20,22-24,26-29,35,40,44,52,60-63H,12,15,17-19,21H2,1-10H3,(H,53,65)(H,54,66,67)/b13-11+,20-16+,25-14-/t24-,26-,27+,28+,29+,35-,40+,44+,50-/m0/s1. The lowest BCUT2D eigenvalue weighted by molar-refractivity contribution is -0.159. The highest BCUT2D eigenvalue weighted by Crippen LogP contribution is 2.55. The number of Topliss-reactive ketones (excluding diaryl/α,β-unsaturated/α-hetero) is 1. The Morgan fingerprint density at radius 1 is 0.958 bits per heavy atom. The van der Waals surface area contributed by atoms with Gasteiger partial charge in [0.25, 0.3) is 17.2 Å². The predicted molar refractivity (Wildman–Crippen MR) is 258 cm³/mol. The van der Waals surface area contributed by atoms with Crippen molar-refractivity contribution in [2.45, 2.75) is 119 Å². The van der Waals surface area contributed by atoms with Crippen molar-refractivity contribution in [3.63, 3.8) is 0 Å². The molecule has 4 aromatic rings. The van der Waals surface area contributed by atoms with Crippen molar-refractivity contribution in [1.29, 1.82) is 0 Å². The molecule has 0 saturated heterocycles. The second kappa shape index (κ2) is 22.1. The summed E-state index contributed by atoms with van der Waals surface area (Å²) in [7, 11) is 1.46. The number of carbonyl (C=O) groups is 3. The Bertz CT molecular complexity index is 2890. The Morgan fingerprint density at radius 3 is 2.37 bits per heavy atom. The van der Waals surface area contributed by atoms with E-state index in [1.54, 1.807) is 43.8 Å². The topological polar surface area (TPSA) is 279 Å². The first kappa shape index (κ1) is 53.5. The molecule has 20 nitrogen and oxygen atoms in total. The minimum atomic E-state index is -2.07. The van der Waals surface area contributed by atoms with Gasteiger partial charge in [0, 0.05) is 87.1 Å². The highest BCUT2D eigenvalue weighted by atomic mass is 19.1. The van der Waals surface area contributed by atoms with E-state index in [-0.39, 0.29) is 81.7 Å². The number of methoxy groups -OCH3 is 1. The van der Waals surface area contributed by atoms with Crippen LogP contribution >= 0.6 is 0 Å². The second-order valence-corrected chi connectivity index (χ2v) is 18.7. The number of nitrogens with zero attached hydrogens (tertiary/aromatic N) is 4. The van der Waals surface area contributed by atoms with E-state index in [2.05, 4.69) is 20.9 Å². The van der Waals surface area contributed by atoms with Crippen molar-refractivity contribution in [3.8, 4) is 23.0 Å². The molecule has 0 spiro atoms. The van der Waals surface area contributed by atoms with Gasteiger partial charge in [0.05, 0.1) is 47.0 Å². The summed E-state index contributed by atoms with van der Waals surface area (Å²) in [6.45, 7) is 15.7. The summed E-state index contributed by atoms with van der Waals surface area (Å²) in [6, 6.07) is 0. The number of rotatable bonds is 11. The van der Waals surface area contributed by atoms with Crippen LogP contribution in [0.15, 0.2) is 58.1 Å². The van der Waals surface area contributed by atoms with E-state index in [9.17, 15) is 48.8 Å². The number of ether oxygens (including phenoxy) is 4. The van der Waals surface area contributed by atoms with E-state index >= 15 is 0 Å². The van der Waals surface area contributed by atoms with Gasteiger partial charge in [-0.3, -0.25) is 33.4 Å². The first-order valence-electron chi connectivity index (χ1n) is 23.5. The average Bonchev–Trinajstić information content (AvgIpc) is 3.89. The van der Waals surface area contributed by atoms with Gasteiger partial charge in [0.1, 0.15) is 23.4 Å². The summed E-state index contributed by atoms with van der Waals surface area (Å²) in [5, 5.41) is 61.3. The molecule has 0 radical (unpaired) electrons. The first-order chi connectivity index (χ1) is 33.5. The molecule has 7 N–H and O–H groups in total. The van der Waals surface area contributed by atoms with Gasteiger partial charge in [-0.2, -0.15) is 4.39 Å². The predicted octanol–water partition coefficient (Wildman–Crippen LogP) is 5.03. The number of phenolic OH excluding ortho intramolecular Hbond substituents is 3. The number of fused-ring (bicyclic) bond motifs is 14. The molecule has 3 aliphatic heterocycles. The molecule has 5 bridgehead atoms. The number of aryl methyl sites for hydroxylation is 3. The van der Waals surface area contributed by atoms with Crippen LogP contribution in [0.2, 0.25) is 0 Å². The molecule has 2 aromatic heterocycles. The number of aliphatic hydroxyl groups is 1. The van der Waals surface area contributed by atoms with E-state index in [0.717, 1.165) is 10.8 Å². The minimum Gasteiger partial charge on any atom is -0.507 e. The number of halogens is 1. The highest BCUT2D eigenvalue weighted by molar-refractivity contribution is 6.22. The van der Waals surface area contributed by atoms with Gasteiger partial charge < -0.3 is 50.0 Å². The SMILES string of the molecule is CO[C@H]1/C=C/O[C@@]2(C)Oc3c(C)c(O)c4c(O)c(c(CNCCCn5cc(CCn6cc(F)c(=O)[nH]c6=O)nn5)c(O)c4c3C2=O)NC(=O)/C(C)=C\C=C\[C@H](C)[C@H](C)[C@@H](C)[C@@H](O)[C@@H](C)[C@H](OC(C)=O)[C@@H]1C. The molecule has 71 heavy (non-hydrogen) atoms. The Kier molecular flexibility index (Phi) is 16.6. The third kappa shape index (κ3) is 11.2. The number of carbonyl (C=O) groups excluding carboxylic acids is 3. The van der Waals surface area contributed by atoms with Crippen molar-refractivity contribution in [3.05, 3.63) is 97.6 Å². The molecule has 0 unspecified atom stereocenters. The van der Waals surface area contributed by atoms with Crippen molar-refractivity contribution in [1.82, 2.24) is 29.9 Å². The number of aromatic amines is 1. The summed E-state index contributed by atoms with van der Waals surface area (Å²) >= 11 is 0. The van der Waals surface area contributed by atoms with Crippen molar-refractivity contribution >= 4 is 34.1 Å². The maximum absolute atomic E-state index is 14.6. The maximum atomic E-state index is 14.6. The van der Waals surface area contributed by atoms with Gasteiger partial charge in [-0.1, -0.05) is 58.1 Å². The van der Waals surface area contributed by atoms with E-state index in [1.165, 1.54) is 40.2 Å². The molecule has 7 rings (SSSR count). The number of nitrogens with one attached hydrogen (secondary N) is 3. The van der Waals surface area contributed by atoms with E-state index in [4.69, 9.17) is 18.9 Å². The monoisotopic (exact) mass is 989 g/mol. The Labute approximate surface area is 409 Å². The molecule has 0 aliphatic carbocycles. The summed E-state index contributed by atoms with van der Waals surface area (Å²) in [4.78, 5) is 66.3. The van der Waals surface area contributed by atoms with E-state index in [1.807, 2.05) is 31.8 Å². The quantitative estimate of drug-likeness (QED) is 0.0449. The number of aliphatic hydroxyl groups excluding tert-OH is 1. The zero-order valence-electron chi connectivity index (χ0n) is 41.5. The molecule has 0 fully saturated rings. The summed E-state index contributed by atoms with van der Waals surface area (Å²) < 4.78 is 40.2. The van der Waals surface area contributed by atoms with Crippen LogP contribution in [-0.2, 0) is 49.9 Å². The largest absolute Gasteiger partial charge is 0.507 e. The van der Waals surface area contributed by atoms with Crippen LogP contribution in [0.1, 0.15) is 89.0 Å². The molecular formula is C50H64FN7O13. The number of esters is 1. The van der Waals surface area contributed by atoms with Crippen molar-refractivity contribution in [2.75, 3.05) is 19.0 Å². The van der Waals surface area contributed by atoms with E-state index < -0.39 is 87.9 Å². The zero-order valence-corrected chi connectivity index (χ0v) is 41.5. The molecule has 5 heterocycles. The number of allylic oxidation sites excluding steroid dienone is 3. The van der Waals surface area contributed by atoms with Crippen LogP contribution < -0.4 is 26.6 Å². The number of H-pyrrole nitrogens is 1. The summed E-state index contributed by atoms with van der Waals surface area (Å²) in [5.41, 5.74) is -1.55. The lowest BCUT2D eigenvalue weighted by Gasteiger charge is -2.38. The van der Waals surface area contributed by atoms with Crippen molar-refractivity contribution < 1.29 is 58.1 Å². The number of aromatic nitrogens is 5. The van der Waals surface area contributed by atoms with Crippen LogP contribution in [0.5, 0.6) is 23.0 Å². The van der Waals surface area contributed by atoms with Crippen LogP contribution in [-0.4, -0.2) is 100 Å². The first-order valence-corrected chi connectivity index (χ1v) is 23.5. The normalized spacial score (nSPS) is 26.9. The maximum Gasteiger partial charge on any atom is 0.328 e. The summed E-state index contributed by atoms with van der Waals surface area (Å²) in [6.07, 6.45) is 8.57. The number of ketones is 1. The third-order valence-corrected chi connectivity index (χ3v) is 13.9. The summed E-state index contributed by atoms with van der Waals surface area (Å²) in [5.74, 6) is -8.52. The van der Waals surface area contributed by atoms with Crippen LogP contribution in [0.3, 0.4) is 0 Å². The average molecular weight is 990 g/mol. The molecule has 1 amide bonds. The fraction of sp³-hybridized carbons (Fsp3) is 0.500. The number of benzene rings is 2. The van der Waals surface area contributed by atoms with Gasteiger partial charge >= 0.3 is 17.4 Å². The number of phenols is 3. The number of aromatic hydroxyl groups is 3. The number of anilines is 1. The second-order valence-electron chi connectivity index (χ2n) is 18.7. The molecule has 2 aromatic carbocycles. The van der Waals surface area contributed by atoms with Gasteiger partial charge in [-0.15, -0.1) is 5.10 Å². The van der Waals surface area contributed by atoms with Gasteiger partial charge in [0.2, 0.25) is 5.82 Å². The Balaban J connectivity index is 1.34. The smallest absolute Gasteiger partial charge is 0.328 e. The molecule has 3 aliphatic rings. The van der Waals surface area contributed by atoms with Crippen LogP contribution in [0.4, 0.5) is 10.1 Å². The molecular weight excluding hydrogens is 926 g/mol. The number of hydrogen-bond acceptors (Lipinski definition) is 16. The van der Waals surface area contributed by atoms with E-state index in [0.29, 0.717) is 25.2 Å². The number of amides is 1. The highest BCUT2D eigenvalue weighted by Gasteiger charge is 2.50. The number of hydrogen-bond donors (Lipinski definition) is 7. The molecule has 9 atom stereocenters. The molecule has 21 heteroatoms. The van der Waals surface area contributed by atoms with Gasteiger partial charge in [-0.25, -0.2) is 4.79 Å². The Morgan fingerprint density at radius 2 is 1.68 bits per heavy atom. The lowest BCUT2D eigenvalue weighted by Crippen LogP contribution is -2.45. The zero-order chi connectivity index (χ0) is 52.2. The van der Waals surface area contributed by atoms with Crippen molar-refractivity contribution in [2.24, 2.45) is 29.6 Å². The van der Waals surface area contributed by atoms with Crippen LogP contribution in [0.25, 0.3) is 10.8 Å². The van der Waals surface area contributed by atoms with Gasteiger partial charge in [-0.05, 0) is 50.6 Å². The fourth-order valence-corrected chi connectivity index (χ4v) is 9.15. The Hall–Kier alpha value is -6.84. The van der Waals surface area contributed by atoms with Gasteiger partial charge in [0.15, 0.2) is 5.75 Å². The lowest BCUT2D eigenvalue weighted by atomic mass is 9.75. The van der Waals surface area contributed by atoms with Crippen LogP contribution in [0, 0.1) is 42.3 Å².